The molecule has 1 heterocycles. The third-order valence-corrected chi connectivity index (χ3v) is 9.80. The van der Waals surface area contributed by atoms with E-state index < -0.39 is 0 Å². The van der Waals surface area contributed by atoms with E-state index in [-0.39, 0.29) is 0 Å². The fourth-order valence-electron chi connectivity index (χ4n) is 7.63. The zero-order valence-electron chi connectivity index (χ0n) is 25.6. The van der Waals surface area contributed by atoms with E-state index in [0.717, 1.165) is 27.5 Å². The quantitative estimate of drug-likeness (QED) is 0.185. The van der Waals surface area contributed by atoms with Gasteiger partial charge in [-0.15, -0.1) is 0 Å². The average molecular weight is 597 g/mol. The zero-order chi connectivity index (χ0) is 30.9. The number of benzene rings is 9. The van der Waals surface area contributed by atoms with Crippen molar-refractivity contribution in [2.75, 3.05) is 0 Å². The SMILES string of the molecule is c1cc(-c2ccc3ccccc3c2)cc(-c2c3ccccc3c(-c3cccc4c3oc3cc5ccccc5cc34)c3ccccc23)c1. The fourth-order valence-corrected chi connectivity index (χ4v) is 7.63. The fraction of sp³-hybridized carbons (Fsp3) is 0. The highest BCUT2D eigenvalue weighted by Crippen LogP contribution is 2.47. The molecule has 0 aliphatic heterocycles. The molecule has 0 aliphatic carbocycles. The predicted molar refractivity (Wildman–Crippen MR) is 200 cm³/mol. The predicted octanol–water partition coefficient (Wildman–Crippen LogP) is 13.2. The maximum absolute atomic E-state index is 6.75. The third kappa shape index (κ3) is 4.03. The van der Waals surface area contributed by atoms with Crippen LogP contribution in [0.2, 0.25) is 0 Å². The molecule has 218 valence electrons. The Bertz CT molecular complexity index is 2800. The summed E-state index contributed by atoms with van der Waals surface area (Å²) >= 11 is 0. The number of hydrogen-bond donors (Lipinski definition) is 0. The molecular weight excluding hydrogens is 569 g/mol. The van der Waals surface area contributed by atoms with Crippen LogP contribution in [-0.2, 0) is 0 Å². The molecule has 10 rings (SSSR count). The van der Waals surface area contributed by atoms with Gasteiger partial charge in [0.2, 0.25) is 0 Å². The van der Waals surface area contributed by atoms with Crippen LogP contribution in [0.1, 0.15) is 0 Å². The van der Waals surface area contributed by atoms with Gasteiger partial charge < -0.3 is 4.42 Å². The smallest absolute Gasteiger partial charge is 0.143 e. The molecule has 1 nitrogen and oxygen atoms in total. The molecule has 0 saturated heterocycles. The van der Waals surface area contributed by atoms with Crippen LogP contribution in [0, 0.1) is 0 Å². The summed E-state index contributed by atoms with van der Waals surface area (Å²) in [5, 5.41) is 12.1. The maximum Gasteiger partial charge on any atom is 0.143 e. The second-order valence-electron chi connectivity index (χ2n) is 12.5. The topological polar surface area (TPSA) is 13.1 Å². The molecule has 0 bridgehead atoms. The van der Waals surface area contributed by atoms with Crippen molar-refractivity contribution in [3.63, 3.8) is 0 Å². The van der Waals surface area contributed by atoms with E-state index in [0.29, 0.717) is 0 Å². The first kappa shape index (κ1) is 26.1. The van der Waals surface area contributed by atoms with E-state index in [1.54, 1.807) is 0 Å². The maximum atomic E-state index is 6.75. The summed E-state index contributed by atoms with van der Waals surface area (Å²) in [5.41, 5.74) is 9.08. The lowest BCUT2D eigenvalue weighted by atomic mass is 9.85. The van der Waals surface area contributed by atoms with Crippen molar-refractivity contribution in [2.45, 2.75) is 0 Å². The van der Waals surface area contributed by atoms with Gasteiger partial charge in [-0.3, -0.25) is 0 Å². The lowest BCUT2D eigenvalue weighted by Gasteiger charge is -2.18. The summed E-state index contributed by atoms with van der Waals surface area (Å²) in [6.45, 7) is 0. The normalized spacial score (nSPS) is 11.8. The van der Waals surface area contributed by atoms with Crippen LogP contribution >= 0.6 is 0 Å². The average Bonchev–Trinajstić information content (AvgIpc) is 3.50. The Balaban J connectivity index is 1.24. The molecule has 1 heteroatoms. The molecule has 0 saturated carbocycles. The van der Waals surface area contributed by atoms with Crippen LogP contribution in [0.25, 0.3) is 98.4 Å². The van der Waals surface area contributed by atoms with Crippen LogP contribution in [0.4, 0.5) is 0 Å². The van der Waals surface area contributed by atoms with Crippen LogP contribution < -0.4 is 0 Å². The molecule has 47 heavy (non-hydrogen) atoms. The van der Waals surface area contributed by atoms with Crippen LogP contribution in [-0.4, -0.2) is 0 Å². The van der Waals surface area contributed by atoms with Gasteiger partial charge in [0.05, 0.1) is 0 Å². The highest BCUT2D eigenvalue weighted by Gasteiger charge is 2.20. The van der Waals surface area contributed by atoms with E-state index in [1.807, 2.05) is 0 Å². The molecule has 0 amide bonds. The van der Waals surface area contributed by atoms with Crippen LogP contribution in [0.3, 0.4) is 0 Å². The molecule has 1 aromatic heterocycles. The van der Waals surface area contributed by atoms with Crippen molar-refractivity contribution in [1.82, 2.24) is 0 Å². The highest BCUT2D eigenvalue weighted by atomic mass is 16.3. The lowest BCUT2D eigenvalue weighted by Crippen LogP contribution is -1.91. The van der Waals surface area contributed by atoms with E-state index >= 15 is 0 Å². The third-order valence-electron chi connectivity index (χ3n) is 9.80. The van der Waals surface area contributed by atoms with E-state index in [1.165, 1.54) is 70.9 Å². The Hall–Kier alpha value is -6.18. The standard InChI is InChI=1S/C46H28O/c1-2-12-30-25-34(24-23-29(30)11-1)31-15-9-16-35(26-31)44-36-17-5-7-19-38(36)45(39-20-8-6-18-37(39)44)41-22-10-21-40-42-27-32-13-3-4-14-33(32)28-43(42)47-46(40)41/h1-28H. The summed E-state index contributed by atoms with van der Waals surface area (Å²) in [5.74, 6) is 0. The Kier molecular flexibility index (Phi) is 5.64. The first-order valence-electron chi connectivity index (χ1n) is 16.2. The molecule has 9 aromatic carbocycles. The van der Waals surface area contributed by atoms with Gasteiger partial charge in [0.1, 0.15) is 11.2 Å². The molecule has 0 radical (unpaired) electrons. The molecule has 0 atom stereocenters. The number of furan rings is 1. The summed E-state index contributed by atoms with van der Waals surface area (Å²) in [4.78, 5) is 0. The second-order valence-corrected chi connectivity index (χ2v) is 12.5. The van der Waals surface area contributed by atoms with Gasteiger partial charge in [0.25, 0.3) is 0 Å². The van der Waals surface area contributed by atoms with Gasteiger partial charge in [-0.25, -0.2) is 0 Å². The van der Waals surface area contributed by atoms with Gasteiger partial charge in [0, 0.05) is 21.9 Å². The minimum atomic E-state index is 0.918. The summed E-state index contributed by atoms with van der Waals surface area (Å²) in [7, 11) is 0. The first-order chi connectivity index (χ1) is 23.3. The number of para-hydroxylation sites is 1. The number of fused-ring (bicyclic) bond motifs is 7. The molecular formula is C46H28O. The Labute approximate surface area is 271 Å². The largest absolute Gasteiger partial charge is 0.455 e. The monoisotopic (exact) mass is 596 g/mol. The lowest BCUT2D eigenvalue weighted by molar-refractivity contribution is 0.670. The van der Waals surface area contributed by atoms with Crippen molar-refractivity contribution in [2.24, 2.45) is 0 Å². The van der Waals surface area contributed by atoms with Gasteiger partial charge >= 0.3 is 0 Å². The molecule has 0 fully saturated rings. The molecule has 0 unspecified atom stereocenters. The van der Waals surface area contributed by atoms with E-state index in [4.69, 9.17) is 4.42 Å². The van der Waals surface area contributed by atoms with Crippen LogP contribution in [0.5, 0.6) is 0 Å². The molecule has 10 aromatic rings. The molecule has 0 aliphatic rings. The minimum absolute atomic E-state index is 0.918. The number of hydrogen-bond acceptors (Lipinski definition) is 1. The molecule has 0 N–H and O–H groups in total. The van der Waals surface area contributed by atoms with Crippen molar-refractivity contribution in [3.05, 3.63) is 170 Å². The Morgan fingerprint density at radius 2 is 0.830 bits per heavy atom. The summed E-state index contributed by atoms with van der Waals surface area (Å²) < 4.78 is 6.75. The van der Waals surface area contributed by atoms with Gasteiger partial charge in [-0.2, -0.15) is 0 Å². The van der Waals surface area contributed by atoms with Crippen molar-refractivity contribution < 1.29 is 4.42 Å². The number of rotatable bonds is 3. The minimum Gasteiger partial charge on any atom is -0.455 e. The first-order valence-corrected chi connectivity index (χ1v) is 16.2. The van der Waals surface area contributed by atoms with Crippen molar-refractivity contribution in [3.8, 4) is 33.4 Å². The van der Waals surface area contributed by atoms with Crippen molar-refractivity contribution >= 4 is 65.0 Å². The summed E-state index contributed by atoms with van der Waals surface area (Å²) in [6.07, 6.45) is 0. The van der Waals surface area contributed by atoms with E-state index in [2.05, 4.69) is 170 Å². The van der Waals surface area contributed by atoms with Crippen molar-refractivity contribution in [1.29, 1.82) is 0 Å². The highest BCUT2D eigenvalue weighted by molar-refractivity contribution is 6.24. The van der Waals surface area contributed by atoms with Gasteiger partial charge in [-0.1, -0.05) is 146 Å². The van der Waals surface area contributed by atoms with Gasteiger partial charge in [0.15, 0.2) is 0 Å². The molecule has 0 spiro atoms. The summed E-state index contributed by atoms with van der Waals surface area (Å²) in [6, 6.07) is 61.6. The Morgan fingerprint density at radius 1 is 0.298 bits per heavy atom. The van der Waals surface area contributed by atoms with E-state index in [9.17, 15) is 0 Å². The van der Waals surface area contributed by atoms with Crippen LogP contribution in [0.15, 0.2) is 174 Å². The Morgan fingerprint density at radius 3 is 1.55 bits per heavy atom. The van der Waals surface area contributed by atoms with Gasteiger partial charge in [-0.05, 0) is 89.6 Å². The second kappa shape index (κ2) is 10.2. The zero-order valence-corrected chi connectivity index (χ0v) is 25.6.